The zero-order chi connectivity index (χ0) is 19.1. The van der Waals surface area contributed by atoms with E-state index in [4.69, 9.17) is 4.42 Å². The first-order chi connectivity index (χ1) is 13.7. The SMILES string of the molecule is O=C(c1ccc(Cn2cc(Br)cn2)o1)N1CCCC(c2nncn2C2CC2)C1. The van der Waals surface area contributed by atoms with Crippen molar-refractivity contribution in [2.45, 2.75) is 44.2 Å². The van der Waals surface area contributed by atoms with Gasteiger partial charge >= 0.3 is 0 Å². The van der Waals surface area contributed by atoms with Crippen LogP contribution in [0.2, 0.25) is 0 Å². The molecule has 146 valence electrons. The third-order valence-electron chi connectivity index (χ3n) is 5.41. The van der Waals surface area contributed by atoms with E-state index in [1.54, 1.807) is 16.9 Å². The monoisotopic (exact) mass is 444 g/mol. The third kappa shape index (κ3) is 3.50. The fourth-order valence-electron chi connectivity index (χ4n) is 3.87. The molecule has 4 heterocycles. The number of furan rings is 1. The molecule has 0 bridgehead atoms. The number of carbonyl (C=O) groups excluding carboxylic acids is 1. The van der Waals surface area contributed by atoms with Crippen molar-refractivity contribution in [3.63, 3.8) is 0 Å². The molecule has 9 heteroatoms. The summed E-state index contributed by atoms with van der Waals surface area (Å²) in [5.41, 5.74) is 0. The minimum absolute atomic E-state index is 0.0601. The van der Waals surface area contributed by atoms with Crippen molar-refractivity contribution >= 4 is 21.8 Å². The first kappa shape index (κ1) is 17.7. The number of aromatic nitrogens is 5. The maximum absolute atomic E-state index is 13.0. The van der Waals surface area contributed by atoms with Crippen molar-refractivity contribution in [2.24, 2.45) is 0 Å². The van der Waals surface area contributed by atoms with E-state index in [0.29, 0.717) is 30.7 Å². The van der Waals surface area contributed by atoms with E-state index in [-0.39, 0.29) is 11.8 Å². The van der Waals surface area contributed by atoms with Crippen LogP contribution in [0.1, 0.15) is 59.8 Å². The van der Waals surface area contributed by atoms with Crippen LogP contribution in [0.5, 0.6) is 0 Å². The van der Waals surface area contributed by atoms with Crippen molar-refractivity contribution < 1.29 is 9.21 Å². The van der Waals surface area contributed by atoms with Crippen LogP contribution >= 0.6 is 15.9 Å². The van der Waals surface area contributed by atoms with Crippen LogP contribution in [0.4, 0.5) is 0 Å². The van der Waals surface area contributed by atoms with Gasteiger partial charge in [-0.2, -0.15) is 5.10 Å². The Balaban J connectivity index is 1.28. The molecule has 1 atom stereocenters. The van der Waals surface area contributed by atoms with E-state index in [2.05, 4.69) is 35.8 Å². The second-order valence-electron chi connectivity index (χ2n) is 7.54. The molecule has 3 aromatic rings. The first-order valence-electron chi connectivity index (χ1n) is 9.63. The summed E-state index contributed by atoms with van der Waals surface area (Å²) in [6.07, 6.45) is 9.82. The van der Waals surface area contributed by atoms with Crippen LogP contribution in [-0.2, 0) is 6.54 Å². The van der Waals surface area contributed by atoms with E-state index in [1.165, 1.54) is 12.8 Å². The lowest BCUT2D eigenvalue weighted by atomic mass is 9.97. The van der Waals surface area contributed by atoms with Crippen LogP contribution in [0.25, 0.3) is 0 Å². The van der Waals surface area contributed by atoms with Gasteiger partial charge in [-0.3, -0.25) is 9.48 Å². The van der Waals surface area contributed by atoms with Crippen LogP contribution < -0.4 is 0 Å². The summed E-state index contributed by atoms with van der Waals surface area (Å²) in [7, 11) is 0. The fourth-order valence-corrected chi connectivity index (χ4v) is 4.20. The average Bonchev–Trinajstić information content (AvgIpc) is 3.09. The second kappa shape index (κ2) is 7.20. The molecule has 8 nitrogen and oxygen atoms in total. The highest BCUT2D eigenvalue weighted by atomic mass is 79.9. The Morgan fingerprint density at radius 2 is 2.18 bits per heavy atom. The Morgan fingerprint density at radius 3 is 2.96 bits per heavy atom. The number of nitrogens with zero attached hydrogens (tertiary/aromatic N) is 6. The Morgan fingerprint density at radius 1 is 1.29 bits per heavy atom. The van der Waals surface area contributed by atoms with Crippen molar-refractivity contribution in [3.8, 4) is 0 Å². The van der Waals surface area contributed by atoms with Gasteiger partial charge in [0.15, 0.2) is 5.76 Å². The van der Waals surface area contributed by atoms with Gasteiger partial charge < -0.3 is 13.9 Å². The molecule has 1 aliphatic heterocycles. The fraction of sp³-hybridized carbons (Fsp3) is 0.474. The summed E-state index contributed by atoms with van der Waals surface area (Å²) in [5.74, 6) is 2.28. The molecule has 1 saturated heterocycles. The van der Waals surface area contributed by atoms with Crippen molar-refractivity contribution in [1.82, 2.24) is 29.4 Å². The summed E-state index contributed by atoms with van der Waals surface area (Å²) < 4.78 is 10.7. The standard InChI is InChI=1S/C19H21BrN6O2/c20-14-8-22-25(10-14)11-16-5-6-17(28-16)19(27)24-7-1-2-13(9-24)18-23-21-12-26(18)15-3-4-15/h5-6,8,10,12-13,15H,1-4,7,9,11H2. The molecule has 28 heavy (non-hydrogen) atoms. The van der Waals surface area contributed by atoms with Gasteiger partial charge in [0.25, 0.3) is 5.91 Å². The molecule has 0 spiro atoms. The summed E-state index contributed by atoms with van der Waals surface area (Å²) >= 11 is 3.38. The average molecular weight is 445 g/mol. The molecule has 2 aliphatic rings. The smallest absolute Gasteiger partial charge is 0.289 e. The third-order valence-corrected chi connectivity index (χ3v) is 5.82. The molecule has 0 aromatic carbocycles. The molecular formula is C19H21BrN6O2. The number of carbonyl (C=O) groups is 1. The quantitative estimate of drug-likeness (QED) is 0.603. The zero-order valence-electron chi connectivity index (χ0n) is 15.4. The van der Waals surface area contributed by atoms with E-state index in [9.17, 15) is 4.79 Å². The predicted molar refractivity (Wildman–Crippen MR) is 104 cm³/mol. The van der Waals surface area contributed by atoms with Gasteiger partial charge in [-0.15, -0.1) is 10.2 Å². The van der Waals surface area contributed by atoms with Crippen LogP contribution in [0, 0.1) is 0 Å². The highest BCUT2D eigenvalue weighted by Crippen LogP contribution is 2.38. The van der Waals surface area contributed by atoms with Crippen molar-refractivity contribution in [3.05, 3.63) is 52.7 Å². The number of hydrogen-bond donors (Lipinski definition) is 0. The predicted octanol–water partition coefficient (Wildman–Crippen LogP) is 3.23. The second-order valence-corrected chi connectivity index (χ2v) is 8.46. The Hall–Kier alpha value is -2.42. The minimum Gasteiger partial charge on any atom is -0.454 e. The van der Waals surface area contributed by atoms with Crippen molar-refractivity contribution in [2.75, 3.05) is 13.1 Å². The zero-order valence-corrected chi connectivity index (χ0v) is 17.0. The van der Waals surface area contributed by atoms with Gasteiger partial charge in [-0.1, -0.05) is 0 Å². The number of rotatable bonds is 5. The van der Waals surface area contributed by atoms with E-state index in [0.717, 1.165) is 29.7 Å². The number of likely N-dealkylation sites (tertiary alicyclic amines) is 1. The largest absolute Gasteiger partial charge is 0.454 e. The maximum Gasteiger partial charge on any atom is 0.289 e. The number of piperidine rings is 1. The van der Waals surface area contributed by atoms with Gasteiger partial charge in [0.2, 0.25) is 0 Å². The topological polar surface area (TPSA) is 82.0 Å². The number of halogens is 1. The Bertz CT molecular complexity index is 988. The minimum atomic E-state index is -0.0601. The highest BCUT2D eigenvalue weighted by Gasteiger charge is 2.33. The lowest BCUT2D eigenvalue weighted by Gasteiger charge is -2.31. The molecule has 1 unspecified atom stereocenters. The molecule has 0 N–H and O–H groups in total. The normalized spacial score (nSPS) is 19.9. The molecule has 1 saturated carbocycles. The Labute approximate surface area is 170 Å². The van der Waals surface area contributed by atoms with E-state index in [1.807, 2.05) is 23.5 Å². The summed E-state index contributed by atoms with van der Waals surface area (Å²) in [6, 6.07) is 4.14. The molecule has 1 amide bonds. The van der Waals surface area contributed by atoms with Crippen LogP contribution in [0.15, 0.2) is 39.7 Å². The van der Waals surface area contributed by atoms with Gasteiger partial charge in [-0.05, 0) is 53.7 Å². The van der Waals surface area contributed by atoms with E-state index < -0.39 is 0 Å². The molecule has 3 aromatic heterocycles. The van der Waals surface area contributed by atoms with Gasteiger partial charge in [0.1, 0.15) is 17.9 Å². The molecular weight excluding hydrogens is 424 g/mol. The maximum atomic E-state index is 13.0. The number of amides is 1. The lowest BCUT2D eigenvalue weighted by molar-refractivity contribution is 0.0669. The summed E-state index contributed by atoms with van der Waals surface area (Å²) in [6.45, 7) is 1.90. The lowest BCUT2D eigenvalue weighted by Crippen LogP contribution is -2.39. The Kier molecular flexibility index (Phi) is 4.54. The highest BCUT2D eigenvalue weighted by molar-refractivity contribution is 9.10. The molecule has 5 rings (SSSR count). The number of hydrogen-bond acceptors (Lipinski definition) is 5. The molecule has 0 radical (unpaired) electrons. The van der Waals surface area contributed by atoms with Gasteiger partial charge in [0, 0.05) is 31.2 Å². The van der Waals surface area contributed by atoms with Crippen LogP contribution in [-0.4, -0.2) is 48.4 Å². The molecule has 2 fully saturated rings. The summed E-state index contributed by atoms with van der Waals surface area (Å²) in [5, 5.41) is 12.7. The molecule has 1 aliphatic carbocycles. The van der Waals surface area contributed by atoms with E-state index >= 15 is 0 Å². The first-order valence-corrected chi connectivity index (χ1v) is 10.4. The van der Waals surface area contributed by atoms with Gasteiger partial charge in [0.05, 0.1) is 17.2 Å². The van der Waals surface area contributed by atoms with Crippen molar-refractivity contribution in [1.29, 1.82) is 0 Å². The van der Waals surface area contributed by atoms with Gasteiger partial charge in [-0.25, -0.2) is 0 Å². The van der Waals surface area contributed by atoms with Crippen LogP contribution in [0.3, 0.4) is 0 Å². The summed E-state index contributed by atoms with van der Waals surface area (Å²) in [4.78, 5) is 14.9.